The molecule has 0 radical (unpaired) electrons. The normalized spacial score (nSPS) is 15.7. The molecule has 2 aromatic carbocycles. The molecule has 0 aliphatic heterocycles. The summed E-state index contributed by atoms with van der Waals surface area (Å²) in [6.45, 7) is 0. The van der Waals surface area contributed by atoms with E-state index in [2.05, 4.69) is 5.32 Å². The molecule has 20 heavy (non-hydrogen) atoms. The van der Waals surface area contributed by atoms with Crippen molar-refractivity contribution in [2.24, 2.45) is 0 Å². The Morgan fingerprint density at radius 3 is 2.20 bits per heavy atom. The van der Waals surface area contributed by atoms with E-state index in [1.807, 2.05) is 24.3 Å². The Kier molecular flexibility index (Phi) is 3.22. The van der Waals surface area contributed by atoms with E-state index in [9.17, 15) is 9.18 Å². The summed E-state index contributed by atoms with van der Waals surface area (Å²) >= 11 is 5.88. The number of carbonyl (C=O) groups is 1. The number of rotatable bonds is 3. The number of amides is 1. The Morgan fingerprint density at radius 2 is 1.65 bits per heavy atom. The van der Waals surface area contributed by atoms with Crippen LogP contribution in [0.5, 0.6) is 0 Å². The van der Waals surface area contributed by atoms with Crippen molar-refractivity contribution in [1.29, 1.82) is 0 Å². The fraction of sp³-hybridized carbons (Fsp3) is 0.188. The summed E-state index contributed by atoms with van der Waals surface area (Å²) in [4.78, 5) is 12.2. The van der Waals surface area contributed by atoms with Crippen LogP contribution >= 0.6 is 11.6 Å². The minimum atomic E-state index is -0.347. The minimum absolute atomic E-state index is 0.183. The van der Waals surface area contributed by atoms with Crippen LogP contribution in [0.2, 0.25) is 5.02 Å². The molecule has 2 aromatic rings. The number of hydrogen-bond acceptors (Lipinski definition) is 1. The summed E-state index contributed by atoms with van der Waals surface area (Å²) in [6.07, 6.45) is 1.81. The summed E-state index contributed by atoms with van der Waals surface area (Å²) < 4.78 is 12.9. The highest BCUT2D eigenvalue weighted by atomic mass is 35.5. The standard InChI is InChI=1S/C16H13ClFNO/c17-13-5-3-12(4-6-13)16(9-10-16)19-15(20)11-1-7-14(18)8-2-11/h1-8H,9-10H2,(H,19,20). The van der Waals surface area contributed by atoms with Gasteiger partial charge in [0.2, 0.25) is 0 Å². The van der Waals surface area contributed by atoms with E-state index in [4.69, 9.17) is 11.6 Å². The van der Waals surface area contributed by atoms with Gasteiger partial charge in [-0.1, -0.05) is 23.7 Å². The van der Waals surface area contributed by atoms with Crippen LogP contribution in [-0.2, 0) is 5.54 Å². The monoisotopic (exact) mass is 289 g/mol. The number of carbonyl (C=O) groups excluding carboxylic acids is 1. The predicted molar refractivity (Wildman–Crippen MR) is 76.2 cm³/mol. The summed E-state index contributed by atoms with van der Waals surface area (Å²) in [5.41, 5.74) is 1.22. The van der Waals surface area contributed by atoms with Gasteiger partial charge < -0.3 is 5.32 Å². The molecule has 1 fully saturated rings. The van der Waals surface area contributed by atoms with Crippen molar-refractivity contribution in [3.63, 3.8) is 0 Å². The van der Waals surface area contributed by atoms with Gasteiger partial charge in [-0.15, -0.1) is 0 Å². The highest BCUT2D eigenvalue weighted by Crippen LogP contribution is 2.45. The van der Waals surface area contributed by atoms with Crippen LogP contribution < -0.4 is 5.32 Å². The summed E-state index contributed by atoms with van der Waals surface area (Å²) in [7, 11) is 0. The number of hydrogen-bond donors (Lipinski definition) is 1. The topological polar surface area (TPSA) is 29.1 Å². The molecule has 3 rings (SSSR count). The molecule has 1 amide bonds. The summed E-state index contributed by atoms with van der Waals surface area (Å²) in [5, 5.41) is 3.71. The minimum Gasteiger partial charge on any atom is -0.343 e. The molecule has 0 atom stereocenters. The Morgan fingerprint density at radius 1 is 1.05 bits per heavy atom. The maximum atomic E-state index is 12.9. The molecular formula is C16H13ClFNO. The van der Waals surface area contributed by atoms with Crippen molar-refractivity contribution < 1.29 is 9.18 Å². The highest BCUT2D eigenvalue weighted by Gasteiger charge is 2.45. The molecule has 0 heterocycles. The summed E-state index contributed by atoms with van der Waals surface area (Å²) in [6, 6.07) is 13.1. The second-order valence-electron chi connectivity index (χ2n) is 5.05. The van der Waals surface area contributed by atoms with Crippen LogP contribution in [0.1, 0.15) is 28.8 Å². The quantitative estimate of drug-likeness (QED) is 0.912. The van der Waals surface area contributed by atoms with E-state index in [0.29, 0.717) is 10.6 Å². The first kappa shape index (κ1) is 13.1. The van der Waals surface area contributed by atoms with Crippen LogP contribution in [0.15, 0.2) is 48.5 Å². The molecule has 1 N–H and O–H groups in total. The molecule has 1 aliphatic rings. The average Bonchev–Trinajstić information content (AvgIpc) is 3.21. The average molecular weight is 290 g/mol. The Bertz CT molecular complexity index is 633. The van der Waals surface area contributed by atoms with E-state index >= 15 is 0 Å². The third kappa shape index (κ3) is 2.54. The molecule has 0 aromatic heterocycles. The maximum absolute atomic E-state index is 12.9. The maximum Gasteiger partial charge on any atom is 0.251 e. The molecule has 2 nitrogen and oxygen atoms in total. The zero-order valence-electron chi connectivity index (χ0n) is 10.7. The van der Waals surface area contributed by atoms with Crippen LogP contribution in [0.3, 0.4) is 0 Å². The molecule has 0 spiro atoms. The molecule has 0 unspecified atom stereocenters. The van der Waals surface area contributed by atoms with Crippen molar-refractivity contribution in [2.75, 3.05) is 0 Å². The molecule has 102 valence electrons. The van der Waals surface area contributed by atoms with E-state index < -0.39 is 0 Å². The van der Waals surface area contributed by atoms with Gasteiger partial charge in [-0.2, -0.15) is 0 Å². The lowest BCUT2D eigenvalue weighted by Crippen LogP contribution is -2.34. The van der Waals surface area contributed by atoms with Crippen molar-refractivity contribution in [3.05, 3.63) is 70.5 Å². The highest BCUT2D eigenvalue weighted by molar-refractivity contribution is 6.30. The lowest BCUT2D eigenvalue weighted by Gasteiger charge is -2.18. The Labute approximate surface area is 121 Å². The largest absolute Gasteiger partial charge is 0.343 e. The van der Waals surface area contributed by atoms with Gasteiger partial charge in [0, 0.05) is 10.6 Å². The van der Waals surface area contributed by atoms with Gasteiger partial charge in [0.05, 0.1) is 5.54 Å². The molecule has 1 saturated carbocycles. The first-order valence-electron chi connectivity index (χ1n) is 6.43. The SMILES string of the molecule is O=C(NC1(c2ccc(Cl)cc2)CC1)c1ccc(F)cc1. The lowest BCUT2D eigenvalue weighted by atomic mass is 10.0. The fourth-order valence-electron chi connectivity index (χ4n) is 2.27. The third-order valence-electron chi connectivity index (χ3n) is 3.61. The first-order valence-corrected chi connectivity index (χ1v) is 6.81. The van der Waals surface area contributed by atoms with Gasteiger partial charge in [0.1, 0.15) is 5.82 Å². The fourth-order valence-corrected chi connectivity index (χ4v) is 2.40. The van der Waals surface area contributed by atoms with Crippen LogP contribution in [-0.4, -0.2) is 5.91 Å². The van der Waals surface area contributed by atoms with Gasteiger partial charge in [-0.3, -0.25) is 4.79 Å². The molecule has 1 aliphatic carbocycles. The molecule has 0 bridgehead atoms. The van der Waals surface area contributed by atoms with E-state index in [1.165, 1.54) is 24.3 Å². The van der Waals surface area contributed by atoms with E-state index in [-0.39, 0.29) is 17.3 Å². The van der Waals surface area contributed by atoms with Gasteiger partial charge >= 0.3 is 0 Å². The van der Waals surface area contributed by atoms with Crippen LogP contribution in [0.25, 0.3) is 0 Å². The van der Waals surface area contributed by atoms with Crippen molar-refractivity contribution in [3.8, 4) is 0 Å². The molecule has 4 heteroatoms. The summed E-state index contributed by atoms with van der Waals surface area (Å²) in [5.74, 6) is -0.530. The smallest absolute Gasteiger partial charge is 0.251 e. The van der Waals surface area contributed by atoms with Gasteiger partial charge in [0.25, 0.3) is 5.91 Å². The molecular weight excluding hydrogens is 277 g/mol. The van der Waals surface area contributed by atoms with E-state index in [0.717, 1.165) is 18.4 Å². The van der Waals surface area contributed by atoms with Gasteiger partial charge in [-0.05, 0) is 54.8 Å². The van der Waals surface area contributed by atoms with Crippen molar-refractivity contribution >= 4 is 17.5 Å². The predicted octanol–water partition coefficient (Wildman–Crippen LogP) is 3.90. The zero-order chi connectivity index (χ0) is 14.2. The van der Waals surface area contributed by atoms with Crippen molar-refractivity contribution in [1.82, 2.24) is 5.32 Å². The zero-order valence-corrected chi connectivity index (χ0v) is 11.5. The van der Waals surface area contributed by atoms with Crippen LogP contribution in [0, 0.1) is 5.82 Å². The van der Waals surface area contributed by atoms with Gasteiger partial charge in [-0.25, -0.2) is 4.39 Å². The molecule has 0 saturated heterocycles. The Hall–Kier alpha value is -1.87. The first-order chi connectivity index (χ1) is 9.59. The number of halogens is 2. The second-order valence-corrected chi connectivity index (χ2v) is 5.49. The number of benzene rings is 2. The Balaban J connectivity index is 1.78. The lowest BCUT2D eigenvalue weighted by molar-refractivity contribution is 0.0931. The van der Waals surface area contributed by atoms with E-state index in [1.54, 1.807) is 0 Å². The third-order valence-corrected chi connectivity index (χ3v) is 3.86. The number of nitrogens with one attached hydrogen (secondary N) is 1. The van der Waals surface area contributed by atoms with Gasteiger partial charge in [0.15, 0.2) is 0 Å². The van der Waals surface area contributed by atoms with Crippen LogP contribution in [0.4, 0.5) is 4.39 Å². The second kappa shape index (κ2) is 4.91. The van der Waals surface area contributed by atoms with Crippen molar-refractivity contribution in [2.45, 2.75) is 18.4 Å².